The molecule has 0 radical (unpaired) electrons. The summed E-state index contributed by atoms with van der Waals surface area (Å²) in [6.07, 6.45) is 0. The highest BCUT2D eigenvalue weighted by molar-refractivity contribution is 7.99. The predicted molar refractivity (Wildman–Crippen MR) is 71.9 cm³/mol. The number of nitrogens with two attached hydrogens (primary N) is 1. The Balaban J connectivity index is 2.59. The second kappa shape index (κ2) is 6.28. The van der Waals surface area contributed by atoms with Crippen LogP contribution < -0.4 is 5.73 Å². The molecular formula is C13H21NOS. The van der Waals surface area contributed by atoms with Crippen molar-refractivity contribution in [3.63, 3.8) is 0 Å². The molecule has 1 aromatic rings. The summed E-state index contributed by atoms with van der Waals surface area (Å²) in [7, 11) is 0. The standard InChI is InChI=1S/C13H21NOS/c1-9-4-5-12(6-10(9)2)13(14)8-16-11(3)7-15/h4-6,11,13,15H,7-8,14H2,1-3H3. The van der Waals surface area contributed by atoms with Gasteiger partial charge in [-0.15, -0.1) is 0 Å². The molecule has 0 fully saturated rings. The molecule has 0 saturated carbocycles. The first-order chi connectivity index (χ1) is 7.54. The molecule has 0 heterocycles. The number of thioether (sulfide) groups is 1. The number of aliphatic hydroxyl groups is 1. The van der Waals surface area contributed by atoms with E-state index in [0.717, 1.165) is 5.75 Å². The summed E-state index contributed by atoms with van der Waals surface area (Å²) >= 11 is 1.71. The first-order valence-electron chi connectivity index (χ1n) is 5.59. The van der Waals surface area contributed by atoms with Gasteiger partial charge in [-0.25, -0.2) is 0 Å². The maximum atomic E-state index is 8.94. The third-order valence-electron chi connectivity index (χ3n) is 2.78. The third-order valence-corrected chi connectivity index (χ3v) is 4.05. The molecule has 0 spiro atoms. The molecule has 0 saturated heterocycles. The lowest BCUT2D eigenvalue weighted by atomic mass is 10.0. The number of benzene rings is 1. The van der Waals surface area contributed by atoms with Crippen LogP contribution in [-0.2, 0) is 0 Å². The molecule has 2 unspecified atom stereocenters. The SMILES string of the molecule is Cc1ccc(C(N)CSC(C)CO)cc1C. The predicted octanol–water partition coefficient (Wildman–Crippen LogP) is 2.42. The van der Waals surface area contributed by atoms with Gasteiger partial charge >= 0.3 is 0 Å². The fourth-order valence-electron chi connectivity index (χ4n) is 1.41. The second-order valence-corrected chi connectivity index (χ2v) is 5.75. The Kier molecular flexibility index (Phi) is 5.32. The van der Waals surface area contributed by atoms with Gasteiger partial charge in [0, 0.05) is 17.0 Å². The Morgan fingerprint density at radius 2 is 2.00 bits per heavy atom. The van der Waals surface area contributed by atoms with E-state index in [0.29, 0.717) is 0 Å². The van der Waals surface area contributed by atoms with Crippen molar-refractivity contribution in [3.05, 3.63) is 34.9 Å². The molecule has 3 heteroatoms. The van der Waals surface area contributed by atoms with Crippen LogP contribution in [-0.4, -0.2) is 22.7 Å². The second-order valence-electron chi connectivity index (χ2n) is 4.28. The Labute approximate surface area is 102 Å². The molecule has 0 amide bonds. The Hall–Kier alpha value is -0.510. The topological polar surface area (TPSA) is 46.2 Å². The Bertz CT molecular complexity index is 341. The lowest BCUT2D eigenvalue weighted by molar-refractivity contribution is 0.300. The van der Waals surface area contributed by atoms with Gasteiger partial charge in [-0.2, -0.15) is 11.8 Å². The van der Waals surface area contributed by atoms with Crippen LogP contribution in [0.5, 0.6) is 0 Å². The molecule has 2 nitrogen and oxygen atoms in total. The summed E-state index contributed by atoms with van der Waals surface area (Å²) in [5.74, 6) is 0.851. The van der Waals surface area contributed by atoms with Crippen LogP contribution in [0.2, 0.25) is 0 Å². The summed E-state index contributed by atoms with van der Waals surface area (Å²) < 4.78 is 0. The number of aliphatic hydroxyl groups excluding tert-OH is 1. The average Bonchev–Trinajstić information content (AvgIpc) is 2.29. The molecule has 0 aliphatic rings. The van der Waals surface area contributed by atoms with E-state index in [-0.39, 0.29) is 17.9 Å². The van der Waals surface area contributed by atoms with E-state index in [9.17, 15) is 0 Å². The minimum atomic E-state index is 0.0540. The molecule has 2 atom stereocenters. The monoisotopic (exact) mass is 239 g/mol. The summed E-state index contributed by atoms with van der Waals surface area (Å²) in [5, 5.41) is 9.20. The van der Waals surface area contributed by atoms with E-state index in [1.54, 1.807) is 11.8 Å². The molecule has 1 aromatic carbocycles. The van der Waals surface area contributed by atoms with Crippen molar-refractivity contribution in [1.29, 1.82) is 0 Å². The highest BCUT2D eigenvalue weighted by Crippen LogP contribution is 2.21. The molecule has 0 aliphatic heterocycles. The maximum absolute atomic E-state index is 8.94. The number of rotatable bonds is 5. The van der Waals surface area contributed by atoms with Crippen LogP contribution in [0.15, 0.2) is 18.2 Å². The zero-order chi connectivity index (χ0) is 12.1. The average molecular weight is 239 g/mol. The third kappa shape index (κ3) is 3.81. The molecule has 3 N–H and O–H groups in total. The quantitative estimate of drug-likeness (QED) is 0.829. The first kappa shape index (κ1) is 13.6. The van der Waals surface area contributed by atoms with Crippen LogP contribution in [0.25, 0.3) is 0 Å². The van der Waals surface area contributed by atoms with Crippen molar-refractivity contribution in [2.75, 3.05) is 12.4 Å². The Morgan fingerprint density at radius 3 is 2.56 bits per heavy atom. The van der Waals surface area contributed by atoms with Crippen LogP contribution >= 0.6 is 11.8 Å². The number of hydrogen-bond acceptors (Lipinski definition) is 3. The van der Waals surface area contributed by atoms with E-state index in [1.165, 1.54) is 16.7 Å². The van der Waals surface area contributed by atoms with Gasteiger partial charge in [0.1, 0.15) is 0 Å². The zero-order valence-electron chi connectivity index (χ0n) is 10.2. The maximum Gasteiger partial charge on any atom is 0.0547 e. The summed E-state index contributed by atoms with van der Waals surface area (Å²) in [4.78, 5) is 0. The van der Waals surface area contributed by atoms with Gasteiger partial charge in [0.2, 0.25) is 0 Å². The number of aryl methyl sites for hydroxylation is 2. The molecule has 90 valence electrons. The van der Waals surface area contributed by atoms with Crippen molar-refractivity contribution in [1.82, 2.24) is 0 Å². The highest BCUT2D eigenvalue weighted by Gasteiger charge is 2.09. The van der Waals surface area contributed by atoms with Crippen LogP contribution in [0.3, 0.4) is 0 Å². The van der Waals surface area contributed by atoms with Gasteiger partial charge in [-0.05, 0) is 30.5 Å². The normalized spacial score (nSPS) is 14.8. The summed E-state index contributed by atoms with van der Waals surface area (Å²) in [6, 6.07) is 6.42. The van der Waals surface area contributed by atoms with E-state index in [4.69, 9.17) is 10.8 Å². The van der Waals surface area contributed by atoms with Crippen molar-refractivity contribution < 1.29 is 5.11 Å². The summed E-state index contributed by atoms with van der Waals surface area (Å²) in [6.45, 7) is 6.43. The minimum Gasteiger partial charge on any atom is -0.395 e. The fraction of sp³-hybridized carbons (Fsp3) is 0.538. The van der Waals surface area contributed by atoms with Gasteiger partial charge in [0.05, 0.1) is 6.61 Å². The summed E-state index contributed by atoms with van der Waals surface area (Å²) in [5.41, 5.74) is 9.88. The van der Waals surface area contributed by atoms with Gasteiger partial charge in [0.15, 0.2) is 0 Å². The van der Waals surface area contributed by atoms with E-state index < -0.39 is 0 Å². The van der Waals surface area contributed by atoms with Crippen molar-refractivity contribution >= 4 is 11.8 Å². The number of hydrogen-bond donors (Lipinski definition) is 2. The highest BCUT2D eigenvalue weighted by atomic mass is 32.2. The largest absolute Gasteiger partial charge is 0.395 e. The fourth-order valence-corrected chi connectivity index (χ4v) is 2.25. The van der Waals surface area contributed by atoms with Crippen molar-refractivity contribution in [2.24, 2.45) is 5.73 Å². The van der Waals surface area contributed by atoms with Gasteiger partial charge < -0.3 is 10.8 Å². The van der Waals surface area contributed by atoms with Crippen LogP contribution in [0, 0.1) is 13.8 Å². The van der Waals surface area contributed by atoms with Gasteiger partial charge in [-0.1, -0.05) is 25.1 Å². The van der Waals surface area contributed by atoms with Crippen molar-refractivity contribution in [3.8, 4) is 0 Å². The molecule has 0 bridgehead atoms. The smallest absolute Gasteiger partial charge is 0.0547 e. The lowest BCUT2D eigenvalue weighted by Gasteiger charge is -2.15. The van der Waals surface area contributed by atoms with E-state index in [1.807, 2.05) is 6.92 Å². The van der Waals surface area contributed by atoms with Gasteiger partial charge in [0.25, 0.3) is 0 Å². The minimum absolute atomic E-state index is 0.0540. The first-order valence-corrected chi connectivity index (χ1v) is 6.64. The molecule has 0 aliphatic carbocycles. The van der Waals surface area contributed by atoms with Crippen LogP contribution in [0.4, 0.5) is 0 Å². The van der Waals surface area contributed by atoms with Crippen molar-refractivity contribution in [2.45, 2.75) is 32.1 Å². The van der Waals surface area contributed by atoms with E-state index in [2.05, 4.69) is 32.0 Å². The Morgan fingerprint density at radius 1 is 1.31 bits per heavy atom. The lowest BCUT2D eigenvalue weighted by Crippen LogP contribution is -2.16. The zero-order valence-corrected chi connectivity index (χ0v) is 11.1. The van der Waals surface area contributed by atoms with Crippen LogP contribution in [0.1, 0.15) is 29.7 Å². The van der Waals surface area contributed by atoms with Gasteiger partial charge in [-0.3, -0.25) is 0 Å². The van der Waals surface area contributed by atoms with E-state index >= 15 is 0 Å². The molecule has 0 aromatic heterocycles. The molecule has 1 rings (SSSR count). The molecular weight excluding hydrogens is 218 g/mol. The molecule has 16 heavy (non-hydrogen) atoms.